The van der Waals surface area contributed by atoms with Crippen LogP contribution in [0, 0.1) is 0 Å². The van der Waals surface area contributed by atoms with Gasteiger partial charge in [-0.05, 0) is 45.9 Å². The van der Waals surface area contributed by atoms with Gasteiger partial charge in [0, 0.05) is 10.0 Å². The average Bonchev–Trinajstić information content (AvgIpc) is 2.85. The minimum absolute atomic E-state index is 0.296. The smallest absolute Gasteiger partial charge is 0.356 e. The molecule has 0 bridgehead atoms. The van der Waals surface area contributed by atoms with Gasteiger partial charge < -0.3 is 4.74 Å². The molecular weight excluding hydrogens is 332 g/mol. The van der Waals surface area contributed by atoms with E-state index in [0.29, 0.717) is 12.3 Å². The molecule has 0 atom stereocenters. The maximum absolute atomic E-state index is 12.1. The lowest BCUT2D eigenvalue weighted by Crippen LogP contribution is -2.27. The molecule has 0 fully saturated rings. The van der Waals surface area contributed by atoms with Crippen molar-refractivity contribution in [3.8, 4) is 11.3 Å². The van der Waals surface area contributed by atoms with Gasteiger partial charge in [0.25, 0.3) is 0 Å². The van der Waals surface area contributed by atoms with Crippen LogP contribution in [0.3, 0.4) is 0 Å². The van der Waals surface area contributed by atoms with Crippen LogP contribution >= 0.6 is 15.9 Å². The second-order valence-corrected chi connectivity index (χ2v) is 6.64. The minimum Gasteiger partial charge on any atom is -0.461 e. The Hall–Kier alpha value is -1.62. The van der Waals surface area contributed by atoms with E-state index < -0.39 is 0 Å². The molecular formula is C16H19BrN2O2. The molecule has 2 rings (SSSR count). The Morgan fingerprint density at radius 2 is 1.90 bits per heavy atom. The molecule has 0 amide bonds. The summed E-state index contributed by atoms with van der Waals surface area (Å²) in [6.45, 7) is 8.17. The standard InChI is InChI=1S/C16H19BrN2O2/c1-5-21-15(20)14-10-13(18-19(14)16(2,3)4)11-6-8-12(17)9-7-11/h6-10H,5H2,1-4H3. The Morgan fingerprint density at radius 3 is 2.43 bits per heavy atom. The van der Waals surface area contributed by atoms with Crippen molar-refractivity contribution in [1.29, 1.82) is 0 Å². The number of rotatable bonds is 3. The molecule has 5 heteroatoms. The molecule has 21 heavy (non-hydrogen) atoms. The fraction of sp³-hybridized carbons (Fsp3) is 0.375. The fourth-order valence-electron chi connectivity index (χ4n) is 2.00. The first kappa shape index (κ1) is 15.8. The summed E-state index contributed by atoms with van der Waals surface area (Å²) in [6.07, 6.45) is 0. The Balaban J connectivity index is 2.50. The van der Waals surface area contributed by atoms with E-state index in [1.807, 2.05) is 45.0 Å². The predicted octanol–water partition coefficient (Wildman–Crippen LogP) is 4.24. The first-order valence-corrected chi connectivity index (χ1v) is 7.66. The molecule has 0 saturated heterocycles. The number of ether oxygens (including phenoxy) is 1. The molecule has 0 spiro atoms. The van der Waals surface area contributed by atoms with Gasteiger partial charge in [0.1, 0.15) is 5.69 Å². The molecule has 0 saturated carbocycles. The van der Waals surface area contributed by atoms with E-state index in [1.54, 1.807) is 17.7 Å². The van der Waals surface area contributed by atoms with Crippen molar-refractivity contribution in [2.45, 2.75) is 33.2 Å². The lowest BCUT2D eigenvalue weighted by molar-refractivity contribution is 0.0503. The summed E-state index contributed by atoms with van der Waals surface area (Å²) in [6, 6.07) is 9.63. The van der Waals surface area contributed by atoms with Crippen molar-refractivity contribution >= 4 is 21.9 Å². The van der Waals surface area contributed by atoms with Gasteiger partial charge in [-0.25, -0.2) is 4.79 Å². The number of halogens is 1. The highest BCUT2D eigenvalue weighted by molar-refractivity contribution is 9.10. The van der Waals surface area contributed by atoms with Gasteiger partial charge >= 0.3 is 5.97 Å². The third kappa shape index (κ3) is 3.53. The molecule has 2 aromatic rings. The third-order valence-electron chi connectivity index (χ3n) is 2.97. The van der Waals surface area contributed by atoms with Crippen molar-refractivity contribution in [2.75, 3.05) is 6.61 Å². The van der Waals surface area contributed by atoms with Crippen molar-refractivity contribution in [2.24, 2.45) is 0 Å². The number of aromatic nitrogens is 2. The predicted molar refractivity (Wildman–Crippen MR) is 86.3 cm³/mol. The van der Waals surface area contributed by atoms with Gasteiger partial charge in [-0.15, -0.1) is 0 Å². The molecule has 0 aliphatic carbocycles. The summed E-state index contributed by atoms with van der Waals surface area (Å²) in [5.74, 6) is -0.344. The van der Waals surface area contributed by atoms with Gasteiger partial charge in [0.2, 0.25) is 0 Å². The van der Waals surface area contributed by atoms with Gasteiger partial charge in [-0.1, -0.05) is 28.1 Å². The molecule has 1 heterocycles. The second-order valence-electron chi connectivity index (χ2n) is 5.72. The van der Waals surface area contributed by atoms with Crippen LogP contribution in [-0.2, 0) is 10.3 Å². The lowest BCUT2D eigenvalue weighted by Gasteiger charge is -2.21. The monoisotopic (exact) mass is 350 g/mol. The first-order valence-electron chi connectivity index (χ1n) is 6.86. The van der Waals surface area contributed by atoms with Crippen LogP contribution in [0.15, 0.2) is 34.8 Å². The summed E-state index contributed by atoms with van der Waals surface area (Å²) in [4.78, 5) is 12.1. The zero-order valence-corrected chi connectivity index (χ0v) is 14.3. The van der Waals surface area contributed by atoms with Gasteiger partial charge in [0.15, 0.2) is 0 Å². The van der Waals surface area contributed by atoms with Crippen molar-refractivity contribution in [3.63, 3.8) is 0 Å². The molecule has 0 aliphatic heterocycles. The number of hydrogen-bond acceptors (Lipinski definition) is 3. The Morgan fingerprint density at radius 1 is 1.29 bits per heavy atom. The SMILES string of the molecule is CCOC(=O)c1cc(-c2ccc(Br)cc2)nn1C(C)(C)C. The van der Waals surface area contributed by atoms with Crippen LogP contribution in [0.2, 0.25) is 0 Å². The molecule has 1 aromatic heterocycles. The van der Waals surface area contributed by atoms with E-state index in [9.17, 15) is 4.79 Å². The van der Waals surface area contributed by atoms with Gasteiger partial charge in [-0.2, -0.15) is 5.10 Å². The van der Waals surface area contributed by atoms with E-state index in [2.05, 4.69) is 21.0 Å². The molecule has 4 nitrogen and oxygen atoms in total. The van der Waals surface area contributed by atoms with E-state index in [0.717, 1.165) is 15.7 Å². The summed E-state index contributed by atoms with van der Waals surface area (Å²) in [7, 11) is 0. The number of esters is 1. The molecule has 0 unspecified atom stereocenters. The largest absolute Gasteiger partial charge is 0.461 e. The van der Waals surface area contributed by atoms with Gasteiger partial charge in [0.05, 0.1) is 17.8 Å². The molecule has 112 valence electrons. The molecule has 1 aromatic carbocycles. The summed E-state index contributed by atoms with van der Waals surface area (Å²) < 4.78 is 7.86. The van der Waals surface area contributed by atoms with Crippen molar-refractivity contribution in [3.05, 3.63) is 40.5 Å². The summed E-state index contributed by atoms with van der Waals surface area (Å²) in [5.41, 5.74) is 1.91. The summed E-state index contributed by atoms with van der Waals surface area (Å²) >= 11 is 3.41. The van der Waals surface area contributed by atoms with Crippen LogP contribution in [0.1, 0.15) is 38.2 Å². The lowest BCUT2D eigenvalue weighted by atomic mass is 10.1. The Bertz CT molecular complexity index is 639. The Kier molecular flexibility index (Phi) is 4.52. The normalized spacial score (nSPS) is 11.5. The molecule has 0 N–H and O–H groups in total. The fourth-order valence-corrected chi connectivity index (χ4v) is 2.27. The van der Waals surface area contributed by atoms with Gasteiger partial charge in [-0.3, -0.25) is 4.68 Å². The van der Waals surface area contributed by atoms with Crippen LogP contribution < -0.4 is 0 Å². The van der Waals surface area contributed by atoms with Crippen LogP contribution in [-0.4, -0.2) is 22.4 Å². The van der Waals surface area contributed by atoms with E-state index in [-0.39, 0.29) is 11.5 Å². The quantitative estimate of drug-likeness (QED) is 0.777. The highest BCUT2D eigenvalue weighted by Crippen LogP contribution is 2.25. The minimum atomic E-state index is -0.344. The molecule has 0 aliphatic rings. The second kappa shape index (κ2) is 6.02. The molecule has 0 radical (unpaired) electrons. The number of carbonyl (C=O) groups excluding carboxylic acids is 1. The number of nitrogens with zero attached hydrogens (tertiary/aromatic N) is 2. The number of benzene rings is 1. The number of carbonyl (C=O) groups is 1. The summed E-state index contributed by atoms with van der Waals surface area (Å²) in [5, 5.41) is 4.59. The number of hydrogen-bond donors (Lipinski definition) is 0. The van der Waals surface area contributed by atoms with E-state index in [1.165, 1.54) is 0 Å². The van der Waals surface area contributed by atoms with Crippen molar-refractivity contribution in [1.82, 2.24) is 9.78 Å². The van der Waals surface area contributed by atoms with E-state index in [4.69, 9.17) is 4.74 Å². The highest BCUT2D eigenvalue weighted by atomic mass is 79.9. The van der Waals surface area contributed by atoms with Crippen LogP contribution in [0.4, 0.5) is 0 Å². The zero-order chi connectivity index (χ0) is 15.6. The average molecular weight is 351 g/mol. The maximum Gasteiger partial charge on any atom is 0.356 e. The zero-order valence-electron chi connectivity index (χ0n) is 12.7. The Labute approximate surface area is 133 Å². The maximum atomic E-state index is 12.1. The topological polar surface area (TPSA) is 44.1 Å². The van der Waals surface area contributed by atoms with E-state index >= 15 is 0 Å². The van der Waals surface area contributed by atoms with Crippen LogP contribution in [0.5, 0.6) is 0 Å². The highest BCUT2D eigenvalue weighted by Gasteiger charge is 2.24. The van der Waals surface area contributed by atoms with Crippen LogP contribution in [0.25, 0.3) is 11.3 Å². The first-order chi connectivity index (χ1) is 9.82. The van der Waals surface area contributed by atoms with Crippen molar-refractivity contribution < 1.29 is 9.53 Å². The third-order valence-corrected chi connectivity index (χ3v) is 3.50.